The quantitative estimate of drug-likeness (QED) is 0.891. The molecular weight excluding hydrogens is 294 g/mol. The molecule has 0 bridgehead atoms. The van der Waals surface area contributed by atoms with Gasteiger partial charge in [-0.05, 0) is 24.3 Å². The number of nitrogens with two attached hydrogens (primary N) is 1. The van der Waals surface area contributed by atoms with E-state index in [-0.39, 0.29) is 31.1 Å². The molecule has 126 valence electrons. The minimum Gasteiger partial charge on any atom is -0.445 e. The lowest BCUT2D eigenvalue weighted by atomic mass is 9.97. The van der Waals surface area contributed by atoms with E-state index in [2.05, 4.69) is 0 Å². The fourth-order valence-corrected chi connectivity index (χ4v) is 2.86. The van der Waals surface area contributed by atoms with E-state index in [4.69, 9.17) is 10.5 Å². The van der Waals surface area contributed by atoms with Crippen molar-refractivity contribution in [3.63, 3.8) is 0 Å². The van der Waals surface area contributed by atoms with Gasteiger partial charge >= 0.3 is 6.09 Å². The van der Waals surface area contributed by atoms with E-state index in [9.17, 15) is 9.59 Å². The number of hydrogen-bond donors (Lipinski definition) is 1. The molecule has 0 aliphatic carbocycles. The van der Waals surface area contributed by atoms with Gasteiger partial charge in [0.15, 0.2) is 0 Å². The van der Waals surface area contributed by atoms with Crippen LogP contribution in [0.3, 0.4) is 0 Å². The van der Waals surface area contributed by atoms with Crippen molar-refractivity contribution in [2.75, 3.05) is 33.2 Å². The minimum absolute atomic E-state index is 0.0241. The van der Waals surface area contributed by atoms with Gasteiger partial charge in [-0.15, -0.1) is 0 Å². The van der Waals surface area contributed by atoms with Crippen LogP contribution in [0.4, 0.5) is 4.79 Å². The zero-order valence-electron chi connectivity index (χ0n) is 13.6. The monoisotopic (exact) mass is 319 g/mol. The number of carbonyl (C=O) groups excluding carboxylic acids is 2. The zero-order valence-corrected chi connectivity index (χ0v) is 13.6. The summed E-state index contributed by atoms with van der Waals surface area (Å²) >= 11 is 0. The summed E-state index contributed by atoms with van der Waals surface area (Å²) in [5.41, 5.74) is 6.38. The van der Waals surface area contributed by atoms with Gasteiger partial charge in [0.2, 0.25) is 5.91 Å². The molecule has 1 aromatic carbocycles. The van der Waals surface area contributed by atoms with Gasteiger partial charge in [-0.3, -0.25) is 4.79 Å². The highest BCUT2D eigenvalue weighted by molar-refractivity contribution is 5.78. The van der Waals surface area contributed by atoms with Crippen molar-refractivity contribution in [2.45, 2.75) is 19.4 Å². The van der Waals surface area contributed by atoms with Gasteiger partial charge in [-0.25, -0.2) is 4.79 Å². The Kier molecular flexibility index (Phi) is 6.40. The average molecular weight is 319 g/mol. The molecule has 1 aliphatic rings. The number of nitrogens with zero attached hydrogens (tertiary/aromatic N) is 2. The van der Waals surface area contributed by atoms with Crippen LogP contribution in [0.15, 0.2) is 30.3 Å². The number of likely N-dealkylation sites (tertiary alicyclic amines) is 1. The third-order valence-corrected chi connectivity index (χ3v) is 4.10. The van der Waals surface area contributed by atoms with E-state index < -0.39 is 0 Å². The molecule has 1 atom stereocenters. The van der Waals surface area contributed by atoms with Crippen LogP contribution >= 0.6 is 0 Å². The van der Waals surface area contributed by atoms with Crippen LogP contribution in [0.1, 0.15) is 18.4 Å². The number of amides is 2. The van der Waals surface area contributed by atoms with E-state index in [1.54, 1.807) is 16.8 Å². The highest BCUT2D eigenvalue weighted by Gasteiger charge is 2.25. The second kappa shape index (κ2) is 8.53. The fraction of sp³-hybridized carbons (Fsp3) is 0.529. The standard InChI is InChI=1S/C17H25N3O3/c1-19(17(22)23-13-14-6-3-2-4-7-14)11-15-8-5-9-20(12-15)16(21)10-18/h2-4,6-7,15H,5,8-13,18H2,1H3/t15-/m0/s1. The maximum Gasteiger partial charge on any atom is 0.409 e. The molecule has 1 aliphatic heterocycles. The first-order chi connectivity index (χ1) is 11.1. The molecule has 2 N–H and O–H groups in total. The maximum absolute atomic E-state index is 12.1. The summed E-state index contributed by atoms with van der Waals surface area (Å²) < 4.78 is 5.31. The number of benzene rings is 1. The van der Waals surface area contributed by atoms with E-state index in [1.165, 1.54) is 0 Å². The highest BCUT2D eigenvalue weighted by Crippen LogP contribution is 2.17. The molecule has 0 saturated carbocycles. The SMILES string of the molecule is CN(C[C@@H]1CCCN(C(=O)CN)C1)C(=O)OCc1ccccc1. The number of ether oxygens (including phenoxy) is 1. The van der Waals surface area contributed by atoms with Crippen LogP contribution < -0.4 is 5.73 Å². The van der Waals surface area contributed by atoms with Gasteiger partial charge in [-0.2, -0.15) is 0 Å². The van der Waals surface area contributed by atoms with Gasteiger partial charge in [0, 0.05) is 26.7 Å². The van der Waals surface area contributed by atoms with Crippen molar-refractivity contribution in [2.24, 2.45) is 11.7 Å². The third kappa shape index (κ3) is 5.25. The molecule has 6 nitrogen and oxygen atoms in total. The van der Waals surface area contributed by atoms with Crippen molar-refractivity contribution in [1.29, 1.82) is 0 Å². The Balaban J connectivity index is 1.77. The van der Waals surface area contributed by atoms with Crippen LogP contribution in [0.5, 0.6) is 0 Å². The Labute approximate surface area is 137 Å². The van der Waals surface area contributed by atoms with Crippen LogP contribution in [-0.4, -0.2) is 55.0 Å². The Morgan fingerprint density at radius 1 is 1.35 bits per heavy atom. The normalized spacial score (nSPS) is 17.7. The summed E-state index contributed by atoms with van der Waals surface area (Å²) in [6.07, 6.45) is 1.62. The Morgan fingerprint density at radius 3 is 2.78 bits per heavy atom. The number of carbonyl (C=O) groups is 2. The number of hydrogen-bond acceptors (Lipinski definition) is 4. The van der Waals surface area contributed by atoms with Crippen LogP contribution in [-0.2, 0) is 16.1 Å². The lowest BCUT2D eigenvalue weighted by Crippen LogP contribution is -2.46. The van der Waals surface area contributed by atoms with Gasteiger partial charge in [0.25, 0.3) is 0 Å². The van der Waals surface area contributed by atoms with Crippen LogP contribution in [0.25, 0.3) is 0 Å². The van der Waals surface area contributed by atoms with E-state index in [0.29, 0.717) is 13.1 Å². The second-order valence-corrected chi connectivity index (χ2v) is 5.97. The van der Waals surface area contributed by atoms with Crippen molar-refractivity contribution in [3.05, 3.63) is 35.9 Å². The molecule has 2 amide bonds. The lowest BCUT2D eigenvalue weighted by Gasteiger charge is -2.34. The van der Waals surface area contributed by atoms with E-state index >= 15 is 0 Å². The molecule has 1 heterocycles. The molecule has 0 spiro atoms. The minimum atomic E-state index is -0.337. The van der Waals surface area contributed by atoms with Crippen molar-refractivity contribution >= 4 is 12.0 Å². The van der Waals surface area contributed by atoms with E-state index in [0.717, 1.165) is 24.9 Å². The first kappa shape index (κ1) is 17.3. The van der Waals surface area contributed by atoms with E-state index in [1.807, 2.05) is 30.3 Å². The molecule has 6 heteroatoms. The highest BCUT2D eigenvalue weighted by atomic mass is 16.6. The Hall–Kier alpha value is -2.08. The molecule has 0 aromatic heterocycles. The zero-order chi connectivity index (χ0) is 16.7. The summed E-state index contributed by atoms with van der Waals surface area (Å²) in [6.45, 7) is 2.32. The molecule has 0 radical (unpaired) electrons. The largest absolute Gasteiger partial charge is 0.445 e. The molecule has 1 fully saturated rings. The summed E-state index contributed by atoms with van der Waals surface area (Å²) in [7, 11) is 1.73. The molecule has 2 rings (SSSR count). The number of piperidine rings is 1. The van der Waals surface area contributed by atoms with Crippen LogP contribution in [0.2, 0.25) is 0 Å². The second-order valence-electron chi connectivity index (χ2n) is 5.97. The summed E-state index contributed by atoms with van der Waals surface area (Å²) in [5.74, 6) is 0.248. The molecular formula is C17H25N3O3. The Morgan fingerprint density at radius 2 is 2.09 bits per heavy atom. The predicted molar refractivity (Wildman–Crippen MR) is 87.6 cm³/mol. The van der Waals surface area contributed by atoms with Crippen molar-refractivity contribution in [3.8, 4) is 0 Å². The van der Waals surface area contributed by atoms with Gasteiger partial charge in [0.05, 0.1) is 6.54 Å². The molecule has 0 unspecified atom stereocenters. The maximum atomic E-state index is 12.1. The molecule has 23 heavy (non-hydrogen) atoms. The fourth-order valence-electron chi connectivity index (χ4n) is 2.86. The first-order valence-corrected chi connectivity index (χ1v) is 7.99. The summed E-state index contributed by atoms with van der Waals surface area (Å²) in [6, 6.07) is 9.60. The van der Waals surface area contributed by atoms with Crippen molar-refractivity contribution in [1.82, 2.24) is 9.80 Å². The first-order valence-electron chi connectivity index (χ1n) is 7.99. The van der Waals surface area contributed by atoms with Crippen LogP contribution in [0, 0.1) is 5.92 Å². The number of rotatable bonds is 5. The van der Waals surface area contributed by atoms with Gasteiger partial charge in [-0.1, -0.05) is 30.3 Å². The lowest BCUT2D eigenvalue weighted by molar-refractivity contribution is -0.131. The molecule has 1 aromatic rings. The van der Waals surface area contributed by atoms with Gasteiger partial charge in [0.1, 0.15) is 6.61 Å². The third-order valence-electron chi connectivity index (χ3n) is 4.10. The summed E-state index contributed by atoms with van der Waals surface area (Å²) in [5, 5.41) is 0. The molecule has 1 saturated heterocycles. The average Bonchev–Trinajstić information content (AvgIpc) is 2.60. The Bertz CT molecular complexity index is 521. The van der Waals surface area contributed by atoms with Crippen molar-refractivity contribution < 1.29 is 14.3 Å². The summed E-state index contributed by atoms with van der Waals surface area (Å²) in [4.78, 5) is 27.1. The predicted octanol–water partition coefficient (Wildman–Crippen LogP) is 1.45. The van der Waals surface area contributed by atoms with Gasteiger partial charge < -0.3 is 20.3 Å². The topological polar surface area (TPSA) is 75.9 Å². The smallest absolute Gasteiger partial charge is 0.409 e.